The Hall–Kier alpha value is -1.75. The Kier molecular flexibility index (Phi) is 8.76. The molecule has 1 fully saturated rings. The average Bonchev–Trinajstić information content (AvgIpc) is 2.51. The molecular formula is C15H24O10. The Labute approximate surface area is 144 Å². The summed E-state index contributed by atoms with van der Waals surface area (Å²) in [5, 5.41) is 19.2. The molecule has 1 aliphatic rings. The van der Waals surface area contributed by atoms with Crippen LogP contribution in [0.3, 0.4) is 0 Å². The lowest BCUT2D eigenvalue weighted by Gasteiger charge is -2.42. The van der Waals surface area contributed by atoms with Gasteiger partial charge in [-0.25, -0.2) is 0 Å². The molecule has 1 saturated heterocycles. The molecule has 0 aliphatic carbocycles. The van der Waals surface area contributed by atoms with Crippen LogP contribution in [0.5, 0.6) is 0 Å². The van der Waals surface area contributed by atoms with Crippen molar-refractivity contribution >= 4 is 17.9 Å². The van der Waals surface area contributed by atoms with Crippen molar-refractivity contribution in [3.05, 3.63) is 0 Å². The zero-order valence-electron chi connectivity index (χ0n) is 14.4. The van der Waals surface area contributed by atoms with E-state index >= 15 is 0 Å². The van der Waals surface area contributed by atoms with Gasteiger partial charge in [-0.05, 0) is 6.42 Å². The number of aliphatic hydroxyl groups excluding tert-OH is 2. The van der Waals surface area contributed by atoms with Crippen LogP contribution in [0.4, 0.5) is 0 Å². The van der Waals surface area contributed by atoms with Crippen molar-refractivity contribution in [2.75, 3.05) is 19.8 Å². The SMILES string of the molecule is CC(=O)OC[C@H]1O[C@@H](OCCCO)[C@H](OC(C)=O)[C@@H](OC(C)=O)[C@@H]1O. The van der Waals surface area contributed by atoms with Gasteiger partial charge in [-0.15, -0.1) is 0 Å². The van der Waals surface area contributed by atoms with Crippen LogP contribution in [0.15, 0.2) is 0 Å². The molecule has 1 heterocycles. The third kappa shape index (κ3) is 6.94. The van der Waals surface area contributed by atoms with E-state index in [9.17, 15) is 19.5 Å². The molecular weight excluding hydrogens is 340 g/mol. The van der Waals surface area contributed by atoms with Crippen molar-refractivity contribution in [1.29, 1.82) is 0 Å². The number of esters is 3. The van der Waals surface area contributed by atoms with Gasteiger partial charge >= 0.3 is 17.9 Å². The van der Waals surface area contributed by atoms with Crippen molar-refractivity contribution in [1.82, 2.24) is 0 Å². The summed E-state index contributed by atoms with van der Waals surface area (Å²) in [6, 6.07) is 0. The highest BCUT2D eigenvalue weighted by atomic mass is 16.7. The Morgan fingerprint density at radius 2 is 1.60 bits per heavy atom. The van der Waals surface area contributed by atoms with Crippen molar-refractivity contribution in [3.8, 4) is 0 Å². The van der Waals surface area contributed by atoms with Gasteiger partial charge < -0.3 is 33.9 Å². The minimum Gasteiger partial charge on any atom is -0.463 e. The predicted molar refractivity (Wildman–Crippen MR) is 80.1 cm³/mol. The van der Waals surface area contributed by atoms with Crippen LogP contribution in [0.25, 0.3) is 0 Å². The van der Waals surface area contributed by atoms with Crippen LogP contribution in [-0.4, -0.2) is 78.6 Å². The van der Waals surface area contributed by atoms with Crippen LogP contribution in [0.1, 0.15) is 27.2 Å². The molecule has 10 nitrogen and oxygen atoms in total. The van der Waals surface area contributed by atoms with Gasteiger partial charge in [-0.3, -0.25) is 14.4 Å². The number of carbonyl (C=O) groups excluding carboxylic acids is 3. The molecule has 0 aromatic rings. The first-order valence-electron chi connectivity index (χ1n) is 7.80. The van der Waals surface area contributed by atoms with Crippen LogP contribution in [0, 0.1) is 0 Å². The van der Waals surface area contributed by atoms with E-state index in [1.807, 2.05) is 0 Å². The summed E-state index contributed by atoms with van der Waals surface area (Å²) in [6.07, 6.45) is -5.84. The Morgan fingerprint density at radius 3 is 2.12 bits per heavy atom. The summed E-state index contributed by atoms with van der Waals surface area (Å²) in [7, 11) is 0. The highest BCUT2D eigenvalue weighted by Crippen LogP contribution is 2.27. The second-order valence-electron chi connectivity index (χ2n) is 5.43. The van der Waals surface area contributed by atoms with Gasteiger partial charge in [0.05, 0.1) is 6.61 Å². The van der Waals surface area contributed by atoms with E-state index in [1.165, 1.54) is 6.92 Å². The van der Waals surface area contributed by atoms with Gasteiger partial charge in [0.2, 0.25) is 0 Å². The maximum atomic E-state index is 11.4. The fourth-order valence-electron chi connectivity index (χ4n) is 2.27. The minimum atomic E-state index is -1.41. The van der Waals surface area contributed by atoms with E-state index in [0.29, 0.717) is 6.42 Å². The average molecular weight is 364 g/mol. The summed E-state index contributed by atoms with van der Waals surface area (Å²) >= 11 is 0. The molecule has 0 spiro atoms. The van der Waals surface area contributed by atoms with E-state index < -0.39 is 48.6 Å². The van der Waals surface area contributed by atoms with Crippen molar-refractivity contribution in [2.24, 2.45) is 0 Å². The zero-order chi connectivity index (χ0) is 19.0. The predicted octanol–water partition coefficient (Wildman–Crippen LogP) is -1.10. The molecule has 1 rings (SSSR count). The minimum absolute atomic E-state index is 0.0715. The number of hydrogen-bond donors (Lipinski definition) is 2. The first-order chi connectivity index (χ1) is 11.8. The molecule has 25 heavy (non-hydrogen) atoms. The number of rotatable bonds is 8. The highest BCUT2D eigenvalue weighted by molar-refractivity contribution is 5.67. The van der Waals surface area contributed by atoms with Gasteiger partial charge in [0.25, 0.3) is 0 Å². The van der Waals surface area contributed by atoms with Gasteiger partial charge in [0.1, 0.15) is 18.8 Å². The maximum Gasteiger partial charge on any atom is 0.303 e. The van der Waals surface area contributed by atoms with Crippen LogP contribution < -0.4 is 0 Å². The second-order valence-corrected chi connectivity index (χ2v) is 5.43. The molecule has 5 atom stereocenters. The molecule has 0 unspecified atom stereocenters. The second kappa shape index (κ2) is 10.3. The normalized spacial score (nSPS) is 28.9. The number of ether oxygens (including phenoxy) is 5. The van der Waals surface area contributed by atoms with Gasteiger partial charge in [0.15, 0.2) is 18.5 Å². The Bertz CT molecular complexity index is 465. The lowest BCUT2D eigenvalue weighted by Crippen LogP contribution is -2.61. The van der Waals surface area contributed by atoms with Crippen LogP contribution >= 0.6 is 0 Å². The van der Waals surface area contributed by atoms with Gasteiger partial charge in [0, 0.05) is 27.4 Å². The fraction of sp³-hybridized carbons (Fsp3) is 0.800. The summed E-state index contributed by atoms with van der Waals surface area (Å²) in [4.78, 5) is 33.7. The quantitative estimate of drug-likeness (QED) is 0.310. The summed E-state index contributed by atoms with van der Waals surface area (Å²) in [5.41, 5.74) is 0. The lowest BCUT2D eigenvalue weighted by atomic mass is 9.98. The summed E-state index contributed by atoms with van der Waals surface area (Å²) in [6.45, 7) is 3.11. The van der Waals surface area contributed by atoms with E-state index in [-0.39, 0.29) is 19.8 Å². The Morgan fingerprint density at radius 1 is 1.00 bits per heavy atom. The molecule has 144 valence electrons. The molecule has 0 aromatic heterocycles. The first-order valence-corrected chi connectivity index (χ1v) is 7.80. The zero-order valence-corrected chi connectivity index (χ0v) is 14.4. The van der Waals surface area contributed by atoms with Crippen molar-refractivity contribution in [2.45, 2.75) is 57.9 Å². The van der Waals surface area contributed by atoms with E-state index in [1.54, 1.807) is 0 Å². The lowest BCUT2D eigenvalue weighted by molar-refractivity contribution is -0.306. The molecule has 2 N–H and O–H groups in total. The molecule has 10 heteroatoms. The maximum absolute atomic E-state index is 11.4. The number of hydrogen-bond acceptors (Lipinski definition) is 10. The highest BCUT2D eigenvalue weighted by Gasteiger charge is 2.50. The first kappa shape index (κ1) is 21.3. The standard InChI is InChI=1S/C15H24O10/c1-8(17)22-7-11-12(20)13(23-9(2)18)14(24-10(3)19)15(25-11)21-6-4-5-16/h11-16,20H,4-7H2,1-3H3/t11-,12-,13+,14-,15-/m1/s1. The molecule has 0 saturated carbocycles. The van der Waals surface area contributed by atoms with Crippen LogP contribution in [0.2, 0.25) is 0 Å². The third-order valence-corrected chi connectivity index (χ3v) is 3.26. The van der Waals surface area contributed by atoms with Crippen molar-refractivity contribution in [3.63, 3.8) is 0 Å². The monoisotopic (exact) mass is 364 g/mol. The molecule has 0 radical (unpaired) electrons. The largest absolute Gasteiger partial charge is 0.463 e. The van der Waals surface area contributed by atoms with Gasteiger partial charge in [-0.1, -0.05) is 0 Å². The van der Waals surface area contributed by atoms with Gasteiger partial charge in [-0.2, -0.15) is 0 Å². The fourth-order valence-corrected chi connectivity index (χ4v) is 2.27. The van der Waals surface area contributed by atoms with Crippen LogP contribution in [-0.2, 0) is 38.1 Å². The number of carbonyl (C=O) groups is 3. The number of aliphatic hydroxyl groups is 2. The van der Waals surface area contributed by atoms with E-state index in [4.69, 9.17) is 28.8 Å². The topological polar surface area (TPSA) is 138 Å². The molecule has 0 aromatic carbocycles. The van der Waals surface area contributed by atoms with E-state index in [2.05, 4.69) is 0 Å². The summed E-state index contributed by atoms with van der Waals surface area (Å²) in [5.74, 6) is -1.98. The summed E-state index contributed by atoms with van der Waals surface area (Å²) < 4.78 is 26.0. The molecule has 0 bridgehead atoms. The molecule has 0 amide bonds. The van der Waals surface area contributed by atoms with E-state index in [0.717, 1.165) is 13.8 Å². The smallest absolute Gasteiger partial charge is 0.303 e. The third-order valence-electron chi connectivity index (χ3n) is 3.26. The molecule has 1 aliphatic heterocycles. The Balaban J connectivity index is 2.98. The van der Waals surface area contributed by atoms with Crippen molar-refractivity contribution < 1.29 is 48.3 Å².